The Labute approximate surface area is 170 Å². The summed E-state index contributed by atoms with van der Waals surface area (Å²) in [5.74, 6) is -1.18. The Kier molecular flexibility index (Phi) is 4.77. The number of rotatable bonds is 3. The van der Waals surface area contributed by atoms with E-state index in [4.69, 9.17) is 0 Å². The molecular formula is C23H17BrFNO2. The number of hydrogen-bond donors (Lipinski definition) is 1. The molecule has 1 unspecified atom stereocenters. The molecule has 0 radical (unpaired) electrons. The predicted octanol–water partition coefficient (Wildman–Crippen LogP) is 5.95. The summed E-state index contributed by atoms with van der Waals surface area (Å²) in [5.41, 5.74) is 3.75. The van der Waals surface area contributed by atoms with Crippen LogP contribution in [-0.4, -0.2) is 11.0 Å². The molecule has 1 atom stereocenters. The number of aryl methyl sites for hydroxylation is 1. The van der Waals surface area contributed by atoms with Crippen molar-refractivity contribution in [3.05, 3.63) is 106 Å². The van der Waals surface area contributed by atoms with Gasteiger partial charge >= 0.3 is 0 Å². The van der Waals surface area contributed by atoms with E-state index in [1.54, 1.807) is 12.1 Å². The van der Waals surface area contributed by atoms with Crippen molar-refractivity contribution in [2.45, 2.75) is 13.0 Å². The highest BCUT2D eigenvalue weighted by atomic mass is 79.9. The van der Waals surface area contributed by atoms with Crippen LogP contribution in [0.15, 0.2) is 83.0 Å². The molecule has 0 bridgehead atoms. The van der Waals surface area contributed by atoms with Crippen molar-refractivity contribution in [1.29, 1.82) is 0 Å². The van der Waals surface area contributed by atoms with Gasteiger partial charge in [-0.15, -0.1) is 0 Å². The van der Waals surface area contributed by atoms with Crippen molar-refractivity contribution in [3.8, 4) is 0 Å². The fraction of sp³-hybridized carbons (Fsp3) is 0.0870. The van der Waals surface area contributed by atoms with Crippen molar-refractivity contribution >= 4 is 33.1 Å². The Balaban J connectivity index is 1.91. The third-order valence-corrected chi connectivity index (χ3v) is 5.33. The fourth-order valence-corrected chi connectivity index (χ4v) is 3.91. The maximum absolute atomic E-state index is 13.4. The van der Waals surface area contributed by atoms with Crippen LogP contribution in [0.4, 0.5) is 10.1 Å². The first-order valence-corrected chi connectivity index (χ1v) is 9.60. The smallest absolute Gasteiger partial charge is 0.294 e. The van der Waals surface area contributed by atoms with E-state index in [0.29, 0.717) is 11.3 Å². The van der Waals surface area contributed by atoms with Gasteiger partial charge < -0.3 is 5.11 Å². The lowest BCUT2D eigenvalue weighted by atomic mass is 9.93. The summed E-state index contributed by atoms with van der Waals surface area (Å²) < 4.78 is 14.3. The van der Waals surface area contributed by atoms with E-state index < -0.39 is 11.9 Å². The maximum atomic E-state index is 13.4. The summed E-state index contributed by atoms with van der Waals surface area (Å²) in [7, 11) is 0. The van der Waals surface area contributed by atoms with Gasteiger partial charge in [0, 0.05) is 15.7 Å². The Morgan fingerprint density at radius 3 is 2.32 bits per heavy atom. The minimum atomic E-state index is -0.529. The number of aliphatic hydroxyl groups is 1. The summed E-state index contributed by atoms with van der Waals surface area (Å²) in [6.07, 6.45) is 0. The molecule has 0 aromatic heterocycles. The molecule has 1 heterocycles. The van der Waals surface area contributed by atoms with Crippen LogP contribution >= 0.6 is 15.9 Å². The summed E-state index contributed by atoms with van der Waals surface area (Å²) >= 11 is 3.48. The fourth-order valence-electron chi connectivity index (χ4n) is 3.49. The van der Waals surface area contributed by atoms with Gasteiger partial charge in [0.25, 0.3) is 5.91 Å². The zero-order chi connectivity index (χ0) is 19.8. The Hall–Kier alpha value is -2.92. The zero-order valence-electron chi connectivity index (χ0n) is 15.1. The first kappa shape index (κ1) is 18.4. The first-order valence-electron chi connectivity index (χ1n) is 8.80. The molecule has 3 aromatic carbocycles. The average Bonchev–Trinajstić information content (AvgIpc) is 2.95. The van der Waals surface area contributed by atoms with Gasteiger partial charge in [0.1, 0.15) is 5.82 Å². The first-order chi connectivity index (χ1) is 13.5. The molecule has 0 saturated carbocycles. The lowest BCUT2D eigenvalue weighted by Gasteiger charge is -2.27. The van der Waals surface area contributed by atoms with Crippen molar-refractivity contribution in [3.63, 3.8) is 0 Å². The van der Waals surface area contributed by atoms with E-state index in [0.717, 1.165) is 21.2 Å². The SMILES string of the molecule is Cc1ccc(C2=C(O)C(=O)N(c3ccc(F)cc3)C2c2cccc(Br)c2)cc1. The van der Waals surface area contributed by atoms with E-state index in [9.17, 15) is 14.3 Å². The monoisotopic (exact) mass is 437 g/mol. The Bertz CT molecular complexity index is 1070. The predicted molar refractivity (Wildman–Crippen MR) is 111 cm³/mol. The van der Waals surface area contributed by atoms with Gasteiger partial charge in [0.2, 0.25) is 0 Å². The molecule has 1 N–H and O–H groups in total. The number of benzene rings is 3. The van der Waals surface area contributed by atoms with Crippen molar-refractivity contribution < 1.29 is 14.3 Å². The minimum Gasteiger partial charge on any atom is -0.503 e. The molecule has 0 saturated heterocycles. The molecule has 0 fully saturated rings. The highest BCUT2D eigenvalue weighted by molar-refractivity contribution is 9.10. The number of nitrogens with zero attached hydrogens (tertiary/aromatic N) is 1. The van der Waals surface area contributed by atoms with Crippen LogP contribution in [0.1, 0.15) is 22.7 Å². The van der Waals surface area contributed by atoms with E-state index in [-0.39, 0.29) is 11.6 Å². The molecule has 3 aromatic rings. The second kappa shape index (κ2) is 7.24. The quantitative estimate of drug-likeness (QED) is 0.549. The van der Waals surface area contributed by atoms with E-state index >= 15 is 0 Å². The van der Waals surface area contributed by atoms with Crippen LogP contribution in [0.5, 0.6) is 0 Å². The molecule has 0 spiro atoms. The topological polar surface area (TPSA) is 40.5 Å². The van der Waals surface area contributed by atoms with Gasteiger partial charge in [0.15, 0.2) is 5.76 Å². The van der Waals surface area contributed by atoms with Crippen LogP contribution in [0.25, 0.3) is 5.57 Å². The number of aliphatic hydroxyl groups excluding tert-OH is 1. The second-order valence-corrected chi connectivity index (χ2v) is 7.65. The van der Waals surface area contributed by atoms with Gasteiger partial charge in [-0.25, -0.2) is 4.39 Å². The van der Waals surface area contributed by atoms with Gasteiger partial charge in [0.05, 0.1) is 6.04 Å². The standard InChI is InChI=1S/C23H17BrFNO2/c1-14-5-7-15(8-6-14)20-21(16-3-2-4-17(24)13-16)26(23(28)22(20)27)19-11-9-18(25)10-12-19/h2-13,21,27H,1H3. The molecule has 0 aliphatic carbocycles. The van der Waals surface area contributed by atoms with E-state index in [1.807, 2.05) is 55.5 Å². The van der Waals surface area contributed by atoms with Crippen LogP contribution in [0.2, 0.25) is 0 Å². The highest BCUT2D eigenvalue weighted by Crippen LogP contribution is 2.45. The number of anilines is 1. The molecule has 1 aliphatic rings. The van der Waals surface area contributed by atoms with E-state index in [1.165, 1.54) is 17.0 Å². The van der Waals surface area contributed by atoms with E-state index in [2.05, 4.69) is 15.9 Å². The summed E-state index contributed by atoms with van der Waals surface area (Å²) in [6, 6.07) is 20.5. The van der Waals surface area contributed by atoms with Crippen LogP contribution in [0.3, 0.4) is 0 Å². The number of hydrogen-bond acceptors (Lipinski definition) is 2. The zero-order valence-corrected chi connectivity index (χ0v) is 16.7. The van der Waals surface area contributed by atoms with Crippen LogP contribution < -0.4 is 4.90 Å². The number of halogens is 2. The molecule has 1 amide bonds. The largest absolute Gasteiger partial charge is 0.503 e. The lowest BCUT2D eigenvalue weighted by Crippen LogP contribution is -2.30. The molecule has 5 heteroatoms. The van der Waals surface area contributed by atoms with Crippen molar-refractivity contribution in [2.24, 2.45) is 0 Å². The second-order valence-electron chi connectivity index (χ2n) is 6.74. The minimum absolute atomic E-state index is 0.293. The summed E-state index contributed by atoms with van der Waals surface area (Å²) in [6.45, 7) is 1.98. The number of carbonyl (C=O) groups is 1. The lowest BCUT2D eigenvalue weighted by molar-refractivity contribution is -0.117. The molecule has 140 valence electrons. The van der Waals surface area contributed by atoms with Gasteiger partial charge in [-0.05, 0) is 54.4 Å². The Morgan fingerprint density at radius 1 is 1.00 bits per heavy atom. The van der Waals surface area contributed by atoms with Gasteiger partial charge in [-0.3, -0.25) is 9.69 Å². The molecule has 28 heavy (non-hydrogen) atoms. The maximum Gasteiger partial charge on any atom is 0.294 e. The number of carbonyl (C=O) groups excluding carboxylic acids is 1. The van der Waals surface area contributed by atoms with Crippen LogP contribution in [-0.2, 0) is 4.79 Å². The summed E-state index contributed by atoms with van der Waals surface area (Å²) in [5, 5.41) is 10.8. The Morgan fingerprint density at radius 2 is 1.68 bits per heavy atom. The van der Waals surface area contributed by atoms with Crippen molar-refractivity contribution in [1.82, 2.24) is 0 Å². The molecule has 3 nitrogen and oxygen atoms in total. The third-order valence-electron chi connectivity index (χ3n) is 4.84. The molecule has 1 aliphatic heterocycles. The van der Waals surface area contributed by atoms with Crippen molar-refractivity contribution in [2.75, 3.05) is 4.90 Å². The number of amides is 1. The molecule has 4 rings (SSSR count). The molecular weight excluding hydrogens is 421 g/mol. The van der Waals surface area contributed by atoms with Gasteiger partial charge in [-0.1, -0.05) is 57.9 Å². The normalized spacial score (nSPS) is 16.8. The average molecular weight is 438 g/mol. The highest BCUT2D eigenvalue weighted by Gasteiger charge is 2.42. The summed E-state index contributed by atoms with van der Waals surface area (Å²) in [4.78, 5) is 14.5. The third kappa shape index (κ3) is 3.22. The van der Waals surface area contributed by atoms with Crippen LogP contribution in [0, 0.1) is 12.7 Å². The van der Waals surface area contributed by atoms with Gasteiger partial charge in [-0.2, -0.15) is 0 Å².